The van der Waals surface area contributed by atoms with E-state index in [2.05, 4.69) is 48.3 Å². The number of pyridine rings is 1. The number of nitrogens with zero attached hydrogens (tertiary/aromatic N) is 3. The van der Waals surface area contributed by atoms with Gasteiger partial charge < -0.3 is 5.32 Å². The molecular weight excluding hydrogens is 236 g/mol. The van der Waals surface area contributed by atoms with Crippen molar-refractivity contribution in [1.82, 2.24) is 14.8 Å². The summed E-state index contributed by atoms with van der Waals surface area (Å²) < 4.78 is 2.00. The van der Waals surface area contributed by atoms with Gasteiger partial charge in [-0.2, -0.15) is 5.10 Å². The number of nitrogens with one attached hydrogen (secondary N) is 1. The van der Waals surface area contributed by atoms with E-state index in [1.807, 2.05) is 17.1 Å². The summed E-state index contributed by atoms with van der Waals surface area (Å²) in [5.74, 6) is 0. The van der Waals surface area contributed by atoms with Crippen molar-refractivity contribution in [3.8, 4) is 5.69 Å². The molecule has 102 valence electrons. The van der Waals surface area contributed by atoms with E-state index in [0.717, 1.165) is 42.9 Å². The predicted octanol–water partition coefficient (Wildman–Crippen LogP) is 3.21. The molecule has 2 rings (SSSR count). The van der Waals surface area contributed by atoms with E-state index in [1.165, 1.54) is 5.69 Å². The summed E-state index contributed by atoms with van der Waals surface area (Å²) in [5, 5.41) is 8.00. The fourth-order valence-corrected chi connectivity index (χ4v) is 2.03. The van der Waals surface area contributed by atoms with Crippen LogP contribution in [0.1, 0.15) is 38.6 Å². The zero-order valence-corrected chi connectivity index (χ0v) is 12.0. The average Bonchev–Trinajstić information content (AvgIpc) is 2.89. The minimum absolute atomic E-state index is 0.960. The molecule has 4 nitrogen and oxygen atoms in total. The summed E-state index contributed by atoms with van der Waals surface area (Å²) in [6, 6.07) is 4.28. The first-order chi connectivity index (χ1) is 9.28. The Labute approximate surface area is 114 Å². The van der Waals surface area contributed by atoms with E-state index < -0.39 is 0 Å². The van der Waals surface area contributed by atoms with Crippen molar-refractivity contribution >= 4 is 5.69 Å². The van der Waals surface area contributed by atoms with Crippen molar-refractivity contribution in [2.45, 2.75) is 40.0 Å². The maximum absolute atomic E-state index is 4.64. The van der Waals surface area contributed by atoms with Crippen LogP contribution in [0, 0.1) is 0 Å². The standard InChI is InChI=1S/C15H22N4/c1-4-7-17-13-9-15(11-16-10-13)19-14(6-3)8-12(5-2)18-19/h8-11,17H,4-7H2,1-3H3. The van der Waals surface area contributed by atoms with Crippen LogP contribution in [0.5, 0.6) is 0 Å². The molecule has 2 heterocycles. The third-order valence-electron chi connectivity index (χ3n) is 3.11. The van der Waals surface area contributed by atoms with Crippen LogP contribution in [-0.2, 0) is 12.8 Å². The molecule has 19 heavy (non-hydrogen) atoms. The number of anilines is 1. The zero-order chi connectivity index (χ0) is 13.7. The highest BCUT2D eigenvalue weighted by Crippen LogP contribution is 2.16. The molecule has 0 fully saturated rings. The molecular formula is C15H22N4. The highest BCUT2D eigenvalue weighted by molar-refractivity contribution is 5.48. The normalized spacial score (nSPS) is 10.7. The van der Waals surface area contributed by atoms with E-state index in [9.17, 15) is 0 Å². The van der Waals surface area contributed by atoms with Gasteiger partial charge in [-0.05, 0) is 31.4 Å². The summed E-state index contributed by atoms with van der Waals surface area (Å²) in [4.78, 5) is 4.30. The third-order valence-corrected chi connectivity index (χ3v) is 3.11. The van der Waals surface area contributed by atoms with E-state index in [4.69, 9.17) is 0 Å². The fourth-order valence-electron chi connectivity index (χ4n) is 2.03. The molecule has 0 aliphatic carbocycles. The number of hydrogen-bond acceptors (Lipinski definition) is 3. The van der Waals surface area contributed by atoms with Gasteiger partial charge in [0.05, 0.1) is 29.5 Å². The monoisotopic (exact) mass is 258 g/mol. The largest absolute Gasteiger partial charge is 0.384 e. The molecule has 0 spiro atoms. The van der Waals surface area contributed by atoms with Gasteiger partial charge in [0.25, 0.3) is 0 Å². The number of aromatic nitrogens is 3. The molecule has 0 atom stereocenters. The molecule has 0 amide bonds. The highest BCUT2D eigenvalue weighted by atomic mass is 15.3. The molecule has 0 unspecified atom stereocenters. The molecule has 0 bridgehead atoms. The predicted molar refractivity (Wildman–Crippen MR) is 78.9 cm³/mol. The van der Waals surface area contributed by atoms with Gasteiger partial charge in [0.15, 0.2) is 0 Å². The third kappa shape index (κ3) is 3.13. The summed E-state index contributed by atoms with van der Waals surface area (Å²) in [5.41, 5.74) is 4.43. The Morgan fingerprint density at radius 1 is 1.11 bits per heavy atom. The maximum atomic E-state index is 4.64. The first kappa shape index (κ1) is 13.6. The fraction of sp³-hybridized carbons (Fsp3) is 0.467. The Morgan fingerprint density at radius 2 is 1.95 bits per heavy atom. The van der Waals surface area contributed by atoms with Crippen molar-refractivity contribution in [1.29, 1.82) is 0 Å². The summed E-state index contributed by atoms with van der Waals surface area (Å²) >= 11 is 0. The first-order valence-electron chi connectivity index (χ1n) is 7.05. The molecule has 0 saturated heterocycles. The summed E-state index contributed by atoms with van der Waals surface area (Å²) in [6.07, 6.45) is 6.75. The van der Waals surface area contributed by atoms with Gasteiger partial charge >= 0.3 is 0 Å². The van der Waals surface area contributed by atoms with Gasteiger partial charge in [0.1, 0.15) is 0 Å². The molecule has 4 heteroatoms. The quantitative estimate of drug-likeness (QED) is 0.865. The molecule has 0 radical (unpaired) electrons. The van der Waals surface area contributed by atoms with E-state index in [0.29, 0.717) is 0 Å². The molecule has 2 aromatic rings. The van der Waals surface area contributed by atoms with E-state index >= 15 is 0 Å². The van der Waals surface area contributed by atoms with Crippen LogP contribution in [0.25, 0.3) is 5.69 Å². The van der Waals surface area contributed by atoms with E-state index in [-0.39, 0.29) is 0 Å². The molecule has 0 aromatic carbocycles. The van der Waals surface area contributed by atoms with Gasteiger partial charge in [-0.3, -0.25) is 4.98 Å². The zero-order valence-electron chi connectivity index (χ0n) is 12.0. The topological polar surface area (TPSA) is 42.7 Å². The molecule has 0 aliphatic heterocycles. The first-order valence-corrected chi connectivity index (χ1v) is 7.05. The Kier molecular flexibility index (Phi) is 4.55. The molecule has 0 aliphatic rings. The van der Waals surface area contributed by atoms with Gasteiger partial charge in [-0.15, -0.1) is 0 Å². The van der Waals surface area contributed by atoms with Crippen LogP contribution in [-0.4, -0.2) is 21.3 Å². The number of rotatable bonds is 6. The Hall–Kier alpha value is -1.84. The minimum Gasteiger partial charge on any atom is -0.384 e. The van der Waals surface area contributed by atoms with Crippen LogP contribution in [0.4, 0.5) is 5.69 Å². The van der Waals surface area contributed by atoms with Gasteiger partial charge in [0.2, 0.25) is 0 Å². The lowest BCUT2D eigenvalue weighted by Gasteiger charge is -2.09. The van der Waals surface area contributed by atoms with Crippen LogP contribution in [0.15, 0.2) is 24.5 Å². The SMILES string of the molecule is CCCNc1cncc(-n2nc(CC)cc2CC)c1. The maximum Gasteiger partial charge on any atom is 0.0852 e. The van der Waals surface area contributed by atoms with Gasteiger partial charge in [0, 0.05) is 12.2 Å². The van der Waals surface area contributed by atoms with Gasteiger partial charge in [-0.1, -0.05) is 20.8 Å². The van der Waals surface area contributed by atoms with E-state index in [1.54, 1.807) is 0 Å². The van der Waals surface area contributed by atoms with Gasteiger partial charge in [-0.25, -0.2) is 4.68 Å². The van der Waals surface area contributed by atoms with Crippen molar-refractivity contribution in [2.24, 2.45) is 0 Å². The second-order valence-corrected chi connectivity index (χ2v) is 4.60. The smallest absolute Gasteiger partial charge is 0.0852 e. The average molecular weight is 258 g/mol. The lowest BCUT2D eigenvalue weighted by atomic mass is 10.2. The number of aryl methyl sites for hydroxylation is 2. The molecule has 0 saturated carbocycles. The molecule has 2 aromatic heterocycles. The van der Waals surface area contributed by atoms with Crippen molar-refractivity contribution in [3.63, 3.8) is 0 Å². The number of hydrogen-bond donors (Lipinski definition) is 1. The lowest BCUT2D eigenvalue weighted by Crippen LogP contribution is -2.05. The van der Waals surface area contributed by atoms with Crippen LogP contribution >= 0.6 is 0 Å². The Balaban J connectivity index is 2.32. The van der Waals surface area contributed by atoms with Crippen molar-refractivity contribution < 1.29 is 0 Å². The van der Waals surface area contributed by atoms with Crippen LogP contribution in [0.3, 0.4) is 0 Å². The summed E-state index contributed by atoms with van der Waals surface area (Å²) in [7, 11) is 0. The van der Waals surface area contributed by atoms with Crippen molar-refractivity contribution in [2.75, 3.05) is 11.9 Å². The van der Waals surface area contributed by atoms with Crippen LogP contribution in [0.2, 0.25) is 0 Å². The Bertz CT molecular complexity index is 531. The van der Waals surface area contributed by atoms with Crippen molar-refractivity contribution in [3.05, 3.63) is 35.9 Å². The summed E-state index contributed by atoms with van der Waals surface area (Å²) in [6.45, 7) is 7.40. The van der Waals surface area contributed by atoms with Crippen LogP contribution < -0.4 is 5.32 Å². The second-order valence-electron chi connectivity index (χ2n) is 4.60. The highest BCUT2D eigenvalue weighted by Gasteiger charge is 2.08. The Morgan fingerprint density at radius 3 is 2.63 bits per heavy atom. The minimum atomic E-state index is 0.960. The molecule has 1 N–H and O–H groups in total. The lowest BCUT2D eigenvalue weighted by molar-refractivity contribution is 0.790. The second kappa shape index (κ2) is 6.36.